The van der Waals surface area contributed by atoms with E-state index in [9.17, 15) is 0 Å². The van der Waals surface area contributed by atoms with Crippen LogP contribution >= 0.6 is 0 Å². The van der Waals surface area contributed by atoms with Gasteiger partial charge in [-0.05, 0) is 70.6 Å². The normalized spacial score (nSPS) is 31.7. The predicted octanol–water partition coefficient (Wildman–Crippen LogP) is 2.27. The number of nitrogens with one attached hydrogen (secondary N) is 1. The van der Waals surface area contributed by atoms with Crippen molar-refractivity contribution >= 4 is 0 Å². The number of piperidine rings is 1. The number of ether oxygens (including phenoxy) is 1. The molecule has 1 saturated carbocycles. The minimum atomic E-state index is 0.524. The van der Waals surface area contributed by atoms with E-state index in [1.165, 1.54) is 64.7 Å². The summed E-state index contributed by atoms with van der Waals surface area (Å²) in [7, 11) is 1.85. The van der Waals surface area contributed by atoms with Crippen molar-refractivity contribution in [3.05, 3.63) is 0 Å². The molecule has 1 N–H and O–H groups in total. The van der Waals surface area contributed by atoms with E-state index < -0.39 is 0 Å². The molecule has 18 heavy (non-hydrogen) atoms. The van der Waals surface area contributed by atoms with Gasteiger partial charge in [0, 0.05) is 13.2 Å². The Hall–Kier alpha value is -0.120. The van der Waals surface area contributed by atoms with Gasteiger partial charge in [-0.25, -0.2) is 0 Å². The summed E-state index contributed by atoms with van der Waals surface area (Å²) < 4.78 is 5.42. The van der Waals surface area contributed by atoms with E-state index in [-0.39, 0.29) is 0 Å². The van der Waals surface area contributed by atoms with E-state index in [2.05, 4.69) is 17.1 Å². The number of likely N-dealkylation sites (tertiary alicyclic amines) is 1. The first kappa shape index (κ1) is 14.3. The van der Waals surface area contributed by atoms with Crippen LogP contribution in [0.25, 0.3) is 0 Å². The zero-order chi connectivity index (χ0) is 12.8. The van der Waals surface area contributed by atoms with Crippen LogP contribution in [0.1, 0.15) is 45.4 Å². The zero-order valence-electron chi connectivity index (χ0n) is 12.2. The summed E-state index contributed by atoms with van der Waals surface area (Å²) in [4.78, 5) is 2.57. The van der Waals surface area contributed by atoms with E-state index in [4.69, 9.17) is 4.74 Å². The molecule has 2 aliphatic rings. The third-order valence-corrected chi connectivity index (χ3v) is 4.86. The van der Waals surface area contributed by atoms with Gasteiger partial charge in [-0.1, -0.05) is 6.92 Å². The smallest absolute Gasteiger partial charge is 0.0572 e. The third kappa shape index (κ3) is 4.22. The maximum Gasteiger partial charge on any atom is 0.0572 e. The van der Waals surface area contributed by atoms with Crippen molar-refractivity contribution in [3.8, 4) is 0 Å². The molecular formula is C15H30N2O. The van der Waals surface area contributed by atoms with Crippen LogP contribution in [0.3, 0.4) is 0 Å². The van der Waals surface area contributed by atoms with E-state index in [1.807, 2.05) is 7.11 Å². The molecule has 0 radical (unpaired) electrons. The highest BCUT2D eigenvalue weighted by atomic mass is 16.5. The molecule has 1 saturated heterocycles. The number of rotatable bonds is 5. The molecule has 2 fully saturated rings. The molecule has 0 bridgehead atoms. The molecule has 2 rings (SSSR count). The molecule has 1 aliphatic carbocycles. The van der Waals surface area contributed by atoms with Crippen LogP contribution in [0.15, 0.2) is 0 Å². The van der Waals surface area contributed by atoms with Crippen molar-refractivity contribution in [1.82, 2.24) is 10.2 Å². The summed E-state index contributed by atoms with van der Waals surface area (Å²) in [5.74, 6) is 0.910. The molecule has 1 aliphatic heterocycles. The summed E-state index contributed by atoms with van der Waals surface area (Å²) in [5, 5.41) is 3.79. The second-order valence-corrected chi connectivity index (χ2v) is 6.00. The predicted molar refractivity (Wildman–Crippen MR) is 75.9 cm³/mol. The van der Waals surface area contributed by atoms with Gasteiger partial charge in [-0.15, -0.1) is 0 Å². The Morgan fingerprint density at radius 1 is 1.06 bits per heavy atom. The van der Waals surface area contributed by atoms with E-state index in [1.54, 1.807) is 0 Å². The summed E-state index contributed by atoms with van der Waals surface area (Å²) in [6.07, 6.45) is 8.36. The van der Waals surface area contributed by atoms with Gasteiger partial charge in [-0.3, -0.25) is 0 Å². The van der Waals surface area contributed by atoms with Crippen molar-refractivity contribution in [2.75, 3.05) is 33.3 Å². The van der Waals surface area contributed by atoms with Gasteiger partial charge < -0.3 is 15.0 Å². The van der Waals surface area contributed by atoms with Gasteiger partial charge in [-0.2, -0.15) is 0 Å². The Morgan fingerprint density at radius 3 is 2.28 bits per heavy atom. The number of nitrogens with zero attached hydrogens (tertiary/aromatic N) is 1. The minimum absolute atomic E-state index is 0.524. The van der Waals surface area contributed by atoms with Gasteiger partial charge in [0.25, 0.3) is 0 Å². The Bertz CT molecular complexity index is 195. The van der Waals surface area contributed by atoms with Gasteiger partial charge in [0.2, 0.25) is 0 Å². The SMILES string of the molecule is CCN1CCC(CNC2CCC(OC)CC2)CC1. The molecular weight excluding hydrogens is 224 g/mol. The minimum Gasteiger partial charge on any atom is -0.381 e. The number of hydrogen-bond donors (Lipinski definition) is 1. The Balaban J connectivity index is 1.58. The number of hydrogen-bond acceptors (Lipinski definition) is 3. The quantitative estimate of drug-likeness (QED) is 0.814. The molecule has 0 aromatic heterocycles. The molecule has 0 aromatic rings. The zero-order valence-corrected chi connectivity index (χ0v) is 12.2. The van der Waals surface area contributed by atoms with Crippen molar-refractivity contribution in [1.29, 1.82) is 0 Å². The highest BCUT2D eigenvalue weighted by Gasteiger charge is 2.22. The lowest BCUT2D eigenvalue weighted by Crippen LogP contribution is -2.41. The lowest BCUT2D eigenvalue weighted by Gasteiger charge is -2.33. The fourth-order valence-electron chi connectivity index (χ4n) is 3.34. The molecule has 106 valence electrons. The molecule has 0 aromatic carbocycles. The van der Waals surface area contributed by atoms with Crippen LogP contribution in [0.5, 0.6) is 0 Å². The molecule has 0 amide bonds. The summed E-state index contributed by atoms with van der Waals surface area (Å²) in [6.45, 7) is 7.34. The van der Waals surface area contributed by atoms with E-state index in [0.717, 1.165) is 12.0 Å². The van der Waals surface area contributed by atoms with Crippen molar-refractivity contribution in [3.63, 3.8) is 0 Å². The highest BCUT2D eigenvalue weighted by molar-refractivity contribution is 4.80. The fraction of sp³-hybridized carbons (Fsp3) is 1.00. The summed E-state index contributed by atoms with van der Waals surface area (Å²) in [6, 6.07) is 0.751. The Kier molecular flexibility index (Phi) is 5.93. The van der Waals surface area contributed by atoms with Crippen LogP contribution in [-0.4, -0.2) is 50.3 Å². The van der Waals surface area contributed by atoms with Gasteiger partial charge in [0.05, 0.1) is 6.10 Å². The van der Waals surface area contributed by atoms with E-state index in [0.29, 0.717) is 6.10 Å². The van der Waals surface area contributed by atoms with E-state index >= 15 is 0 Å². The molecule has 3 nitrogen and oxygen atoms in total. The van der Waals surface area contributed by atoms with Crippen molar-refractivity contribution < 1.29 is 4.74 Å². The molecule has 0 atom stereocenters. The monoisotopic (exact) mass is 254 g/mol. The summed E-state index contributed by atoms with van der Waals surface area (Å²) >= 11 is 0. The lowest BCUT2D eigenvalue weighted by atomic mass is 9.91. The average molecular weight is 254 g/mol. The van der Waals surface area contributed by atoms with Crippen molar-refractivity contribution in [2.45, 2.75) is 57.6 Å². The highest BCUT2D eigenvalue weighted by Crippen LogP contribution is 2.22. The molecule has 1 heterocycles. The topological polar surface area (TPSA) is 24.5 Å². The second-order valence-electron chi connectivity index (χ2n) is 6.00. The first-order valence-corrected chi connectivity index (χ1v) is 7.80. The van der Waals surface area contributed by atoms with Crippen LogP contribution in [0.2, 0.25) is 0 Å². The molecule has 0 spiro atoms. The molecule has 3 heteroatoms. The van der Waals surface area contributed by atoms with Crippen LogP contribution < -0.4 is 5.32 Å². The first-order chi connectivity index (χ1) is 8.81. The maximum atomic E-state index is 5.42. The Labute approximate surface area is 112 Å². The molecule has 0 unspecified atom stereocenters. The Morgan fingerprint density at radius 2 is 1.72 bits per heavy atom. The van der Waals surface area contributed by atoms with Gasteiger partial charge in [0.1, 0.15) is 0 Å². The lowest BCUT2D eigenvalue weighted by molar-refractivity contribution is 0.0615. The first-order valence-electron chi connectivity index (χ1n) is 7.80. The fourth-order valence-corrected chi connectivity index (χ4v) is 3.34. The van der Waals surface area contributed by atoms with Crippen LogP contribution in [0, 0.1) is 5.92 Å². The van der Waals surface area contributed by atoms with Crippen LogP contribution in [0.4, 0.5) is 0 Å². The largest absolute Gasteiger partial charge is 0.381 e. The average Bonchev–Trinajstić information content (AvgIpc) is 2.46. The third-order valence-electron chi connectivity index (χ3n) is 4.86. The standard InChI is InChI=1S/C15H30N2O/c1-3-17-10-8-13(9-11-17)12-16-14-4-6-15(18-2)7-5-14/h13-16H,3-12H2,1-2H3. The van der Waals surface area contributed by atoms with Gasteiger partial charge in [0.15, 0.2) is 0 Å². The maximum absolute atomic E-state index is 5.42. The summed E-state index contributed by atoms with van der Waals surface area (Å²) in [5.41, 5.74) is 0. The van der Waals surface area contributed by atoms with Gasteiger partial charge >= 0.3 is 0 Å². The number of methoxy groups -OCH3 is 1. The second kappa shape index (κ2) is 7.46. The van der Waals surface area contributed by atoms with Crippen molar-refractivity contribution in [2.24, 2.45) is 5.92 Å². The van der Waals surface area contributed by atoms with Crippen LogP contribution in [-0.2, 0) is 4.74 Å².